The van der Waals surface area contributed by atoms with Crippen molar-refractivity contribution < 1.29 is 14.3 Å². The van der Waals surface area contributed by atoms with E-state index in [-0.39, 0.29) is 11.9 Å². The molecule has 2 aromatic heterocycles. The fourth-order valence-corrected chi connectivity index (χ4v) is 4.39. The number of hydrogen-bond acceptors (Lipinski definition) is 6. The molecule has 2 aromatic rings. The molecule has 27 heavy (non-hydrogen) atoms. The lowest BCUT2D eigenvalue weighted by atomic mass is 9.98. The van der Waals surface area contributed by atoms with E-state index in [9.17, 15) is 4.79 Å². The van der Waals surface area contributed by atoms with Crippen LogP contribution in [0.1, 0.15) is 65.1 Å². The van der Waals surface area contributed by atoms with Crippen molar-refractivity contribution in [2.75, 3.05) is 26.4 Å². The number of aromatic amines is 1. The number of ether oxygens (including phenoxy) is 2. The van der Waals surface area contributed by atoms with Crippen LogP contribution in [0.3, 0.4) is 0 Å². The highest BCUT2D eigenvalue weighted by Gasteiger charge is 2.34. The molecule has 0 unspecified atom stereocenters. The highest BCUT2D eigenvalue weighted by Crippen LogP contribution is 2.31. The fraction of sp³-hybridized carbons (Fsp3) is 0.667. The molecule has 1 atom stereocenters. The normalized spacial score (nSPS) is 23.1. The van der Waals surface area contributed by atoms with Gasteiger partial charge in [-0.05, 0) is 19.8 Å². The summed E-state index contributed by atoms with van der Waals surface area (Å²) in [5, 5.41) is 16.2. The van der Waals surface area contributed by atoms with Gasteiger partial charge in [-0.15, -0.1) is 10.2 Å². The molecular formula is C18H24N6O3. The molecular weight excluding hydrogens is 348 g/mol. The predicted molar refractivity (Wildman–Crippen MR) is 94.2 cm³/mol. The Labute approximate surface area is 157 Å². The second kappa shape index (κ2) is 6.72. The van der Waals surface area contributed by atoms with E-state index in [4.69, 9.17) is 9.47 Å². The van der Waals surface area contributed by atoms with Gasteiger partial charge in [0.1, 0.15) is 5.82 Å². The third-order valence-electron chi connectivity index (χ3n) is 5.82. The number of nitrogens with zero attached hydrogens (tertiary/aromatic N) is 5. The summed E-state index contributed by atoms with van der Waals surface area (Å²) >= 11 is 0. The van der Waals surface area contributed by atoms with Crippen LogP contribution in [0.25, 0.3) is 0 Å². The maximum Gasteiger partial charge on any atom is 0.275 e. The maximum atomic E-state index is 13.1. The Morgan fingerprint density at radius 1 is 1.19 bits per heavy atom. The van der Waals surface area contributed by atoms with E-state index in [2.05, 4.69) is 31.9 Å². The average molecular weight is 372 g/mol. The van der Waals surface area contributed by atoms with Gasteiger partial charge in [-0.2, -0.15) is 5.10 Å². The Morgan fingerprint density at radius 3 is 2.89 bits per heavy atom. The zero-order chi connectivity index (χ0) is 18.4. The molecule has 0 aliphatic carbocycles. The van der Waals surface area contributed by atoms with Crippen molar-refractivity contribution in [2.45, 2.75) is 51.3 Å². The second-order valence-corrected chi connectivity index (χ2v) is 7.60. The first-order valence-corrected chi connectivity index (χ1v) is 9.67. The Morgan fingerprint density at radius 2 is 2.04 bits per heavy atom. The highest BCUT2D eigenvalue weighted by molar-refractivity contribution is 5.94. The van der Waals surface area contributed by atoms with Crippen molar-refractivity contribution in [1.82, 2.24) is 29.9 Å². The molecule has 1 amide bonds. The quantitative estimate of drug-likeness (QED) is 0.850. The topological polar surface area (TPSA) is 98.2 Å². The third kappa shape index (κ3) is 2.85. The number of aromatic nitrogens is 5. The fourth-order valence-electron chi connectivity index (χ4n) is 4.39. The number of hydrogen-bond donors (Lipinski definition) is 1. The van der Waals surface area contributed by atoms with Crippen LogP contribution in [0.15, 0.2) is 0 Å². The number of rotatable bonds is 2. The van der Waals surface area contributed by atoms with Crippen LogP contribution in [0.2, 0.25) is 0 Å². The van der Waals surface area contributed by atoms with Crippen LogP contribution >= 0.6 is 0 Å². The molecule has 0 bridgehead atoms. The van der Waals surface area contributed by atoms with Gasteiger partial charge in [-0.3, -0.25) is 9.89 Å². The van der Waals surface area contributed by atoms with E-state index in [1.54, 1.807) is 0 Å². The lowest BCUT2D eigenvalue weighted by Gasteiger charge is -2.33. The molecule has 9 nitrogen and oxygen atoms in total. The molecule has 5 rings (SSSR count). The first kappa shape index (κ1) is 16.9. The van der Waals surface area contributed by atoms with Crippen LogP contribution in [-0.4, -0.2) is 62.1 Å². The number of carbonyl (C=O) groups excluding carboxylic acids is 1. The van der Waals surface area contributed by atoms with E-state index in [0.717, 1.165) is 55.4 Å². The SMILES string of the molecule is C[C@H]1CN(C(=O)c2n[nH]c3c2COCC3)Cc2nnc(C3CCOCC3)n21. The molecule has 0 radical (unpaired) electrons. The summed E-state index contributed by atoms with van der Waals surface area (Å²) in [6.45, 7) is 5.88. The first-order valence-electron chi connectivity index (χ1n) is 9.67. The van der Waals surface area contributed by atoms with Crippen molar-refractivity contribution in [3.8, 4) is 0 Å². The van der Waals surface area contributed by atoms with E-state index < -0.39 is 0 Å². The summed E-state index contributed by atoms with van der Waals surface area (Å²) in [5.74, 6) is 2.22. The number of H-pyrrole nitrogens is 1. The monoisotopic (exact) mass is 372 g/mol. The van der Waals surface area contributed by atoms with E-state index in [0.29, 0.717) is 37.9 Å². The second-order valence-electron chi connectivity index (χ2n) is 7.60. The minimum atomic E-state index is -0.0632. The summed E-state index contributed by atoms with van der Waals surface area (Å²) in [5.41, 5.74) is 2.39. The van der Waals surface area contributed by atoms with Gasteiger partial charge >= 0.3 is 0 Å². The molecule has 0 aromatic carbocycles. The average Bonchev–Trinajstić information content (AvgIpc) is 3.33. The zero-order valence-corrected chi connectivity index (χ0v) is 15.5. The molecule has 0 spiro atoms. The minimum absolute atomic E-state index is 0.0632. The third-order valence-corrected chi connectivity index (χ3v) is 5.82. The van der Waals surface area contributed by atoms with Gasteiger partial charge in [0.25, 0.3) is 5.91 Å². The van der Waals surface area contributed by atoms with Gasteiger partial charge in [-0.25, -0.2) is 0 Å². The van der Waals surface area contributed by atoms with Crippen molar-refractivity contribution in [1.29, 1.82) is 0 Å². The van der Waals surface area contributed by atoms with Gasteiger partial charge in [-0.1, -0.05) is 0 Å². The van der Waals surface area contributed by atoms with Crippen molar-refractivity contribution in [2.24, 2.45) is 0 Å². The van der Waals surface area contributed by atoms with Crippen LogP contribution in [-0.2, 0) is 29.0 Å². The van der Waals surface area contributed by atoms with Crippen molar-refractivity contribution in [3.63, 3.8) is 0 Å². The largest absolute Gasteiger partial charge is 0.381 e. The predicted octanol–water partition coefficient (Wildman–Crippen LogP) is 1.18. The standard InChI is InChI=1S/C18H24N6O3/c1-11-8-23(18(25)16-13-10-27-7-4-14(13)19-21-16)9-15-20-22-17(24(11)15)12-2-5-26-6-3-12/h11-12H,2-10H2,1H3,(H,19,21)/t11-/m0/s1. The molecule has 5 heterocycles. The summed E-state index contributed by atoms with van der Waals surface area (Å²) in [6.07, 6.45) is 2.73. The summed E-state index contributed by atoms with van der Waals surface area (Å²) < 4.78 is 13.2. The molecule has 1 fully saturated rings. The minimum Gasteiger partial charge on any atom is -0.381 e. The molecule has 1 N–H and O–H groups in total. The molecule has 0 saturated carbocycles. The molecule has 3 aliphatic rings. The molecule has 9 heteroatoms. The number of carbonyl (C=O) groups is 1. The van der Waals surface area contributed by atoms with Crippen molar-refractivity contribution in [3.05, 3.63) is 28.6 Å². The van der Waals surface area contributed by atoms with Crippen LogP contribution in [0.4, 0.5) is 0 Å². The first-order chi connectivity index (χ1) is 13.2. The number of fused-ring (bicyclic) bond motifs is 2. The van der Waals surface area contributed by atoms with E-state index >= 15 is 0 Å². The summed E-state index contributed by atoms with van der Waals surface area (Å²) in [6, 6.07) is 0.136. The summed E-state index contributed by atoms with van der Waals surface area (Å²) in [4.78, 5) is 14.9. The smallest absolute Gasteiger partial charge is 0.275 e. The van der Waals surface area contributed by atoms with Gasteiger partial charge in [0.05, 0.1) is 25.8 Å². The molecule has 144 valence electrons. The van der Waals surface area contributed by atoms with E-state index in [1.165, 1.54) is 0 Å². The molecule has 3 aliphatic heterocycles. The number of nitrogens with one attached hydrogen (secondary N) is 1. The Kier molecular flexibility index (Phi) is 4.20. The maximum absolute atomic E-state index is 13.1. The number of amides is 1. The van der Waals surface area contributed by atoms with Crippen LogP contribution in [0, 0.1) is 0 Å². The van der Waals surface area contributed by atoms with Gasteiger partial charge in [0.2, 0.25) is 0 Å². The van der Waals surface area contributed by atoms with E-state index in [1.807, 2.05) is 4.90 Å². The van der Waals surface area contributed by atoms with Gasteiger partial charge in [0, 0.05) is 43.4 Å². The van der Waals surface area contributed by atoms with Crippen LogP contribution in [0.5, 0.6) is 0 Å². The zero-order valence-electron chi connectivity index (χ0n) is 15.5. The van der Waals surface area contributed by atoms with Gasteiger partial charge in [0.15, 0.2) is 11.5 Å². The lowest BCUT2D eigenvalue weighted by Crippen LogP contribution is -2.41. The van der Waals surface area contributed by atoms with Crippen molar-refractivity contribution >= 4 is 5.91 Å². The highest BCUT2D eigenvalue weighted by atomic mass is 16.5. The Balaban J connectivity index is 1.39. The van der Waals surface area contributed by atoms with Crippen LogP contribution < -0.4 is 0 Å². The Hall–Kier alpha value is -2.26. The lowest BCUT2D eigenvalue weighted by molar-refractivity contribution is 0.0652. The molecule has 1 saturated heterocycles. The Bertz CT molecular complexity index is 853. The van der Waals surface area contributed by atoms with Gasteiger partial charge < -0.3 is 18.9 Å². The summed E-state index contributed by atoms with van der Waals surface area (Å²) in [7, 11) is 0.